The molecule has 0 aromatic heterocycles. The first-order valence-electron chi connectivity index (χ1n) is 9.11. The van der Waals surface area contributed by atoms with Crippen molar-refractivity contribution in [2.24, 2.45) is 0 Å². The van der Waals surface area contributed by atoms with Gasteiger partial charge in [-0.2, -0.15) is 0 Å². The molecule has 29 heavy (non-hydrogen) atoms. The molecule has 152 valence electrons. The van der Waals surface area contributed by atoms with Crippen LogP contribution in [0.1, 0.15) is 29.2 Å². The van der Waals surface area contributed by atoms with E-state index in [9.17, 15) is 9.36 Å². The maximum atomic E-state index is 13.8. The summed E-state index contributed by atoms with van der Waals surface area (Å²) in [5.41, 5.74) is 4.20. The minimum absolute atomic E-state index is 0.181. The molecule has 1 unspecified atom stereocenters. The molecular weight excluding hydrogens is 411 g/mol. The number of carbonyl (C=O) groups is 1. The molecule has 1 atom stereocenters. The van der Waals surface area contributed by atoms with E-state index >= 15 is 0 Å². The first-order chi connectivity index (χ1) is 13.8. The van der Waals surface area contributed by atoms with Crippen LogP contribution in [0.25, 0.3) is 5.57 Å². The lowest BCUT2D eigenvalue weighted by Gasteiger charge is -2.30. The fourth-order valence-electron chi connectivity index (χ4n) is 3.33. The third kappa shape index (κ3) is 4.32. The molecule has 3 rings (SSSR count). The Bertz CT molecular complexity index is 1050. The van der Waals surface area contributed by atoms with E-state index in [0.717, 1.165) is 22.3 Å². The molecule has 5 nitrogen and oxygen atoms in total. The molecule has 0 radical (unpaired) electrons. The Kier molecular flexibility index (Phi) is 6.33. The second-order valence-corrected chi connectivity index (χ2v) is 8.94. The molecule has 0 spiro atoms. The number of allylic oxidation sites excluding steroid dienone is 2. The number of halogens is 1. The Morgan fingerprint density at radius 3 is 2.52 bits per heavy atom. The van der Waals surface area contributed by atoms with Crippen LogP contribution in [0.15, 0.2) is 53.9 Å². The molecule has 1 aliphatic rings. The van der Waals surface area contributed by atoms with E-state index in [0.29, 0.717) is 21.7 Å². The molecule has 0 N–H and O–H groups in total. The third-order valence-electron chi connectivity index (χ3n) is 4.47. The highest BCUT2D eigenvalue weighted by molar-refractivity contribution is 7.59. The van der Waals surface area contributed by atoms with Crippen LogP contribution in [0.4, 0.5) is 0 Å². The molecule has 0 saturated heterocycles. The number of esters is 1. The summed E-state index contributed by atoms with van der Waals surface area (Å²) < 4.78 is 30.0. The highest BCUT2D eigenvalue weighted by Crippen LogP contribution is 2.64. The Labute approximate surface area is 175 Å². The van der Waals surface area contributed by atoms with Gasteiger partial charge in [-0.15, -0.1) is 0 Å². The molecule has 0 aliphatic carbocycles. The van der Waals surface area contributed by atoms with Crippen molar-refractivity contribution in [2.45, 2.75) is 20.8 Å². The summed E-state index contributed by atoms with van der Waals surface area (Å²) in [6.07, 6.45) is 2.67. The lowest BCUT2D eigenvalue weighted by molar-refractivity contribution is -0.134. The predicted molar refractivity (Wildman–Crippen MR) is 114 cm³/mol. The summed E-state index contributed by atoms with van der Waals surface area (Å²) >= 11 is 6.07. The monoisotopic (exact) mass is 432 g/mol. The number of hydrogen-bond acceptors (Lipinski definition) is 5. The second-order valence-electron chi connectivity index (χ2n) is 6.59. The van der Waals surface area contributed by atoms with Crippen molar-refractivity contribution < 1.29 is 23.1 Å². The maximum absolute atomic E-state index is 13.8. The molecule has 2 aromatic rings. The number of rotatable bonds is 5. The minimum Gasteiger partial charge on any atom is -0.466 e. The van der Waals surface area contributed by atoms with Gasteiger partial charge in [0, 0.05) is 22.2 Å². The van der Waals surface area contributed by atoms with Gasteiger partial charge >= 0.3 is 13.6 Å². The first-order valence-corrected chi connectivity index (χ1v) is 11.0. The van der Waals surface area contributed by atoms with Crippen molar-refractivity contribution in [3.8, 4) is 5.75 Å². The fourth-order valence-corrected chi connectivity index (χ4v) is 5.26. The van der Waals surface area contributed by atoms with Gasteiger partial charge in [-0.3, -0.25) is 4.52 Å². The van der Waals surface area contributed by atoms with E-state index in [4.69, 9.17) is 25.4 Å². The molecular formula is C22H22ClO5P. The van der Waals surface area contributed by atoms with Crippen LogP contribution in [0.3, 0.4) is 0 Å². The Morgan fingerprint density at radius 1 is 1.21 bits per heavy atom. The van der Waals surface area contributed by atoms with Gasteiger partial charge < -0.3 is 9.26 Å². The zero-order valence-electron chi connectivity index (χ0n) is 16.7. The third-order valence-corrected chi connectivity index (χ3v) is 6.72. The SMILES string of the molecule is CCOP1(=O)Oc2cc(C)cc(C)c2C(c2ccc(Cl)cc2)=C1/C=C/C(=O)OC. The Balaban J connectivity index is 2.39. The number of benzene rings is 2. The highest BCUT2D eigenvalue weighted by atomic mass is 35.5. The van der Waals surface area contributed by atoms with Crippen LogP contribution >= 0.6 is 19.2 Å². The van der Waals surface area contributed by atoms with Gasteiger partial charge in [-0.25, -0.2) is 9.36 Å². The fraction of sp³-hybridized carbons (Fsp3) is 0.227. The number of carbonyl (C=O) groups excluding carboxylic acids is 1. The summed E-state index contributed by atoms with van der Waals surface area (Å²) in [5, 5.41) is 0.883. The Hall–Kier alpha value is -2.33. The number of methoxy groups -OCH3 is 1. The van der Waals surface area contributed by atoms with Crippen LogP contribution in [0.5, 0.6) is 5.75 Å². The van der Waals surface area contributed by atoms with Gasteiger partial charge in [0.25, 0.3) is 0 Å². The lowest BCUT2D eigenvalue weighted by atomic mass is 9.91. The molecule has 0 fully saturated rings. The van der Waals surface area contributed by atoms with Crippen molar-refractivity contribution in [1.82, 2.24) is 0 Å². The number of ether oxygens (including phenoxy) is 1. The highest BCUT2D eigenvalue weighted by Gasteiger charge is 2.40. The van der Waals surface area contributed by atoms with Gasteiger partial charge in [0.05, 0.1) is 19.0 Å². The minimum atomic E-state index is -3.74. The maximum Gasteiger partial charge on any atom is 0.411 e. The van der Waals surface area contributed by atoms with Crippen molar-refractivity contribution in [3.05, 3.63) is 81.1 Å². The zero-order valence-corrected chi connectivity index (χ0v) is 18.3. The first kappa shape index (κ1) is 21.4. The summed E-state index contributed by atoms with van der Waals surface area (Å²) in [5.74, 6) is -0.0816. The molecule has 0 amide bonds. The quantitative estimate of drug-likeness (QED) is 0.326. The molecule has 2 aromatic carbocycles. The van der Waals surface area contributed by atoms with E-state index in [2.05, 4.69) is 0 Å². The van der Waals surface area contributed by atoms with Crippen LogP contribution in [0, 0.1) is 13.8 Å². The van der Waals surface area contributed by atoms with Crippen LogP contribution in [0.2, 0.25) is 5.02 Å². The number of aryl methyl sites for hydroxylation is 2. The topological polar surface area (TPSA) is 61.8 Å². The second kappa shape index (κ2) is 8.58. The molecule has 0 bridgehead atoms. The summed E-state index contributed by atoms with van der Waals surface area (Å²) in [6, 6.07) is 11.1. The molecule has 1 aliphatic heterocycles. The summed E-state index contributed by atoms with van der Waals surface area (Å²) in [7, 11) is -2.46. The zero-order chi connectivity index (χ0) is 21.2. The van der Waals surface area contributed by atoms with Gasteiger partial charge in [-0.1, -0.05) is 29.8 Å². The van der Waals surface area contributed by atoms with Gasteiger partial charge in [0.2, 0.25) is 0 Å². The van der Waals surface area contributed by atoms with Crippen LogP contribution in [-0.2, 0) is 18.6 Å². The van der Waals surface area contributed by atoms with Gasteiger partial charge in [0.15, 0.2) is 0 Å². The predicted octanol–water partition coefficient (Wildman–Crippen LogP) is 6.07. The summed E-state index contributed by atoms with van der Waals surface area (Å²) in [4.78, 5) is 11.7. The largest absolute Gasteiger partial charge is 0.466 e. The van der Waals surface area contributed by atoms with E-state index in [-0.39, 0.29) is 6.61 Å². The van der Waals surface area contributed by atoms with Crippen LogP contribution < -0.4 is 4.52 Å². The van der Waals surface area contributed by atoms with E-state index in [1.54, 1.807) is 19.1 Å². The van der Waals surface area contributed by atoms with E-state index < -0.39 is 13.6 Å². The van der Waals surface area contributed by atoms with E-state index in [1.807, 2.05) is 38.1 Å². The average molecular weight is 433 g/mol. The van der Waals surface area contributed by atoms with Crippen molar-refractivity contribution in [3.63, 3.8) is 0 Å². The van der Waals surface area contributed by atoms with Crippen molar-refractivity contribution in [2.75, 3.05) is 13.7 Å². The Morgan fingerprint density at radius 2 is 1.90 bits per heavy atom. The lowest BCUT2D eigenvalue weighted by Crippen LogP contribution is -2.11. The van der Waals surface area contributed by atoms with Crippen LogP contribution in [-0.4, -0.2) is 19.7 Å². The van der Waals surface area contributed by atoms with Crippen molar-refractivity contribution in [1.29, 1.82) is 0 Å². The molecule has 7 heteroatoms. The smallest absolute Gasteiger partial charge is 0.411 e. The average Bonchev–Trinajstić information content (AvgIpc) is 2.66. The van der Waals surface area contributed by atoms with E-state index in [1.165, 1.54) is 19.3 Å². The number of hydrogen-bond donors (Lipinski definition) is 0. The molecule has 1 heterocycles. The van der Waals surface area contributed by atoms with Crippen molar-refractivity contribution >= 4 is 30.7 Å². The number of fused-ring (bicyclic) bond motifs is 1. The molecule has 0 saturated carbocycles. The standard InChI is InChI=1S/C22H22ClO5P/c1-5-27-29(25)19(10-11-20(24)26-4)22(16-6-8-17(23)9-7-16)21-15(3)12-14(2)13-18(21)28-29/h6-13H,5H2,1-4H3/b11-10+. The van der Waals surface area contributed by atoms with Gasteiger partial charge in [0.1, 0.15) is 5.75 Å². The normalized spacial score (nSPS) is 18.5. The summed E-state index contributed by atoms with van der Waals surface area (Å²) in [6.45, 7) is 5.83. The van der Waals surface area contributed by atoms with Gasteiger partial charge in [-0.05, 0) is 61.7 Å².